The number of hydrogen-bond acceptors (Lipinski definition) is 6. The molecule has 0 fully saturated rings. The van der Waals surface area contributed by atoms with Crippen LogP contribution in [-0.2, 0) is 6.54 Å². The summed E-state index contributed by atoms with van der Waals surface area (Å²) < 4.78 is 0. The van der Waals surface area contributed by atoms with Gasteiger partial charge in [0.1, 0.15) is 5.02 Å². The first-order valence-corrected chi connectivity index (χ1v) is 5.71. The minimum absolute atomic E-state index is 0.309. The summed E-state index contributed by atoms with van der Waals surface area (Å²) in [6, 6.07) is 3.94. The molecule has 18 heavy (non-hydrogen) atoms. The van der Waals surface area contributed by atoms with Gasteiger partial charge in [0.05, 0.1) is 6.20 Å². The molecule has 7 heteroatoms. The molecule has 0 aliphatic carbocycles. The molecule has 0 saturated carbocycles. The summed E-state index contributed by atoms with van der Waals surface area (Å²) in [6.07, 6.45) is 3.29. The van der Waals surface area contributed by atoms with Gasteiger partial charge in [-0.25, -0.2) is 10.8 Å². The van der Waals surface area contributed by atoms with Crippen molar-refractivity contribution in [2.45, 2.75) is 13.5 Å². The van der Waals surface area contributed by atoms with Gasteiger partial charge in [-0.15, -0.1) is 0 Å². The zero-order valence-electron chi connectivity index (χ0n) is 9.81. The molecule has 0 aliphatic rings. The maximum absolute atomic E-state index is 5.97. The highest BCUT2D eigenvalue weighted by Gasteiger charge is 2.04. The van der Waals surface area contributed by atoms with E-state index >= 15 is 0 Å². The second-order valence-electron chi connectivity index (χ2n) is 3.70. The van der Waals surface area contributed by atoms with Crippen molar-refractivity contribution in [2.24, 2.45) is 5.84 Å². The molecule has 4 N–H and O–H groups in total. The van der Waals surface area contributed by atoms with Crippen molar-refractivity contribution in [3.63, 3.8) is 0 Å². The molecule has 0 aromatic carbocycles. The van der Waals surface area contributed by atoms with Crippen LogP contribution in [0, 0.1) is 6.92 Å². The lowest BCUT2D eigenvalue weighted by molar-refractivity contribution is 1.05. The highest BCUT2D eigenvalue weighted by molar-refractivity contribution is 6.32. The van der Waals surface area contributed by atoms with Crippen LogP contribution in [0.3, 0.4) is 0 Å². The molecule has 2 heterocycles. The number of anilines is 2. The number of nitrogens with zero attached hydrogens (tertiary/aromatic N) is 3. The van der Waals surface area contributed by atoms with Crippen molar-refractivity contribution in [1.82, 2.24) is 15.0 Å². The van der Waals surface area contributed by atoms with Crippen LogP contribution in [0.15, 0.2) is 24.5 Å². The molecule has 0 amide bonds. The van der Waals surface area contributed by atoms with Crippen LogP contribution in [0.4, 0.5) is 11.8 Å². The van der Waals surface area contributed by atoms with Gasteiger partial charge < -0.3 is 5.32 Å². The Morgan fingerprint density at radius 1 is 1.28 bits per heavy atom. The summed E-state index contributed by atoms with van der Waals surface area (Å²) in [7, 11) is 0. The number of hydrazine groups is 1. The highest BCUT2D eigenvalue weighted by Crippen LogP contribution is 2.19. The van der Waals surface area contributed by atoms with Gasteiger partial charge >= 0.3 is 0 Å². The predicted octanol–water partition coefficient (Wildman–Crippen LogP) is 1.73. The number of pyridine rings is 1. The third kappa shape index (κ3) is 3.06. The van der Waals surface area contributed by atoms with Gasteiger partial charge in [-0.1, -0.05) is 17.7 Å². The average molecular weight is 265 g/mol. The second kappa shape index (κ2) is 5.61. The molecule has 2 aromatic heterocycles. The van der Waals surface area contributed by atoms with Crippen LogP contribution < -0.4 is 16.6 Å². The fraction of sp³-hybridized carbons (Fsp3) is 0.182. The molecule has 2 aromatic rings. The third-order valence-electron chi connectivity index (χ3n) is 2.31. The van der Waals surface area contributed by atoms with Crippen molar-refractivity contribution in [3.05, 3.63) is 40.8 Å². The lowest BCUT2D eigenvalue weighted by Gasteiger charge is -2.08. The maximum Gasteiger partial charge on any atom is 0.239 e. The first-order chi connectivity index (χ1) is 8.69. The topological polar surface area (TPSA) is 88.8 Å². The van der Waals surface area contributed by atoms with Crippen LogP contribution in [0.2, 0.25) is 5.02 Å². The number of nitrogens with one attached hydrogen (secondary N) is 2. The number of nitrogen functional groups attached to an aromatic ring is 1. The van der Waals surface area contributed by atoms with E-state index in [2.05, 4.69) is 25.7 Å². The smallest absolute Gasteiger partial charge is 0.239 e. The molecule has 0 unspecified atom stereocenters. The van der Waals surface area contributed by atoms with Crippen molar-refractivity contribution in [3.8, 4) is 0 Å². The molecule has 0 saturated heterocycles. The maximum atomic E-state index is 5.97. The fourth-order valence-corrected chi connectivity index (χ4v) is 1.51. The van der Waals surface area contributed by atoms with E-state index in [4.69, 9.17) is 17.4 Å². The molecule has 6 nitrogen and oxygen atoms in total. The normalized spacial score (nSPS) is 10.2. The number of halogens is 1. The van der Waals surface area contributed by atoms with Crippen LogP contribution >= 0.6 is 11.6 Å². The first kappa shape index (κ1) is 12.5. The number of nitrogens with two attached hydrogens (primary N) is 1. The Labute approximate surface area is 110 Å². The van der Waals surface area contributed by atoms with Gasteiger partial charge in [0.25, 0.3) is 0 Å². The molecular weight excluding hydrogens is 252 g/mol. The summed E-state index contributed by atoms with van der Waals surface area (Å²) in [6.45, 7) is 2.52. The minimum Gasteiger partial charge on any atom is -0.365 e. The molecular formula is C11H13ClN6. The van der Waals surface area contributed by atoms with E-state index in [1.807, 2.05) is 19.1 Å². The second-order valence-corrected chi connectivity index (χ2v) is 4.10. The zero-order chi connectivity index (χ0) is 13.0. The molecule has 2 rings (SSSR count). The van der Waals surface area contributed by atoms with Crippen LogP contribution in [0.1, 0.15) is 11.3 Å². The Balaban J connectivity index is 2.07. The van der Waals surface area contributed by atoms with Gasteiger partial charge in [0.2, 0.25) is 5.95 Å². The van der Waals surface area contributed by atoms with E-state index in [0.717, 1.165) is 11.3 Å². The Bertz CT molecular complexity index is 528. The van der Waals surface area contributed by atoms with E-state index in [1.54, 1.807) is 6.20 Å². The Kier molecular flexibility index (Phi) is 3.91. The van der Waals surface area contributed by atoms with Crippen molar-refractivity contribution in [1.29, 1.82) is 0 Å². The summed E-state index contributed by atoms with van der Waals surface area (Å²) in [5.74, 6) is 6.07. The van der Waals surface area contributed by atoms with E-state index in [1.165, 1.54) is 6.20 Å². The predicted molar refractivity (Wildman–Crippen MR) is 71.2 cm³/mol. The molecule has 0 spiro atoms. The number of rotatable bonds is 4. The third-order valence-corrected chi connectivity index (χ3v) is 2.58. The largest absolute Gasteiger partial charge is 0.365 e. The number of hydrogen-bond donors (Lipinski definition) is 3. The summed E-state index contributed by atoms with van der Waals surface area (Å²) in [5, 5.41) is 3.54. The molecule has 94 valence electrons. The van der Waals surface area contributed by atoms with Gasteiger partial charge in [-0.3, -0.25) is 10.4 Å². The van der Waals surface area contributed by atoms with Gasteiger partial charge in [0.15, 0.2) is 5.82 Å². The highest BCUT2D eigenvalue weighted by atomic mass is 35.5. The first-order valence-electron chi connectivity index (χ1n) is 5.33. The summed E-state index contributed by atoms with van der Waals surface area (Å²) in [5.41, 5.74) is 4.39. The van der Waals surface area contributed by atoms with Crippen molar-refractivity contribution >= 4 is 23.4 Å². The van der Waals surface area contributed by atoms with E-state index in [9.17, 15) is 0 Å². The summed E-state index contributed by atoms with van der Waals surface area (Å²) in [4.78, 5) is 12.2. The van der Waals surface area contributed by atoms with E-state index < -0.39 is 0 Å². The zero-order valence-corrected chi connectivity index (χ0v) is 10.6. The Hall–Kier alpha value is -1.92. The molecule has 0 aliphatic heterocycles. The van der Waals surface area contributed by atoms with Crippen molar-refractivity contribution < 1.29 is 0 Å². The van der Waals surface area contributed by atoms with Crippen LogP contribution in [0.25, 0.3) is 0 Å². The van der Waals surface area contributed by atoms with Gasteiger partial charge in [-0.05, 0) is 18.6 Å². The SMILES string of the molecule is Cc1ccc(CNc2nc(NN)ncc2Cl)cn1. The van der Waals surface area contributed by atoms with Crippen LogP contribution in [0.5, 0.6) is 0 Å². The van der Waals surface area contributed by atoms with Gasteiger partial charge in [0, 0.05) is 18.4 Å². The average Bonchev–Trinajstić information content (AvgIpc) is 2.40. The Morgan fingerprint density at radius 3 is 2.78 bits per heavy atom. The van der Waals surface area contributed by atoms with Crippen LogP contribution in [-0.4, -0.2) is 15.0 Å². The molecule has 0 bridgehead atoms. The fourth-order valence-electron chi connectivity index (χ4n) is 1.35. The molecule has 0 atom stereocenters. The van der Waals surface area contributed by atoms with Gasteiger partial charge in [-0.2, -0.15) is 4.98 Å². The quantitative estimate of drug-likeness (QED) is 0.576. The van der Waals surface area contributed by atoms with E-state index in [-0.39, 0.29) is 0 Å². The lowest BCUT2D eigenvalue weighted by atomic mass is 10.2. The minimum atomic E-state index is 0.309. The Morgan fingerprint density at radius 2 is 2.11 bits per heavy atom. The van der Waals surface area contributed by atoms with E-state index in [0.29, 0.717) is 23.3 Å². The lowest BCUT2D eigenvalue weighted by Crippen LogP contribution is -2.12. The molecule has 0 radical (unpaired) electrons. The standard InChI is InChI=1S/C11H13ClN6/c1-7-2-3-8(4-14-7)5-15-10-9(12)6-16-11(17-10)18-13/h2-4,6H,5,13H2,1H3,(H2,15,16,17,18). The monoisotopic (exact) mass is 264 g/mol. The number of aryl methyl sites for hydroxylation is 1. The number of aromatic nitrogens is 3. The van der Waals surface area contributed by atoms with Crippen molar-refractivity contribution in [2.75, 3.05) is 10.7 Å². The summed E-state index contributed by atoms with van der Waals surface area (Å²) >= 11 is 5.97.